The Kier molecular flexibility index (Phi) is 3.78. The Bertz CT molecular complexity index is 330. The summed E-state index contributed by atoms with van der Waals surface area (Å²) in [6.07, 6.45) is 4.54. The van der Waals surface area contributed by atoms with Crippen LogP contribution in [0.4, 0.5) is 0 Å². The Morgan fingerprint density at radius 3 is 2.37 bits per heavy atom. The Morgan fingerprint density at radius 2 is 1.79 bits per heavy atom. The predicted molar refractivity (Wildman–Crippen MR) is 68.6 cm³/mol. The summed E-state index contributed by atoms with van der Waals surface area (Å²) in [6.45, 7) is 4.09. The topological polar surface area (TPSA) is 56.8 Å². The highest BCUT2D eigenvalue weighted by atomic mass is 16.7. The van der Waals surface area contributed by atoms with Crippen LogP contribution in [0.1, 0.15) is 39.0 Å². The molecule has 1 aliphatic carbocycles. The van der Waals surface area contributed by atoms with E-state index in [0.717, 1.165) is 32.1 Å². The van der Waals surface area contributed by atoms with Crippen molar-refractivity contribution in [1.82, 2.24) is 5.32 Å². The molecule has 0 aromatic rings. The van der Waals surface area contributed by atoms with Crippen LogP contribution in [0, 0.1) is 5.92 Å². The van der Waals surface area contributed by atoms with Gasteiger partial charge in [0.15, 0.2) is 5.79 Å². The summed E-state index contributed by atoms with van der Waals surface area (Å²) in [5, 5.41) is 3.17. The molecule has 2 heterocycles. The molecule has 2 aliphatic heterocycles. The van der Waals surface area contributed by atoms with Crippen LogP contribution in [0.2, 0.25) is 0 Å². The van der Waals surface area contributed by atoms with Gasteiger partial charge in [0.25, 0.3) is 0 Å². The third kappa shape index (κ3) is 2.78. The van der Waals surface area contributed by atoms with Gasteiger partial charge in [0.1, 0.15) is 0 Å². The van der Waals surface area contributed by atoms with Gasteiger partial charge in [-0.3, -0.25) is 4.79 Å². The molecule has 5 nitrogen and oxygen atoms in total. The first kappa shape index (κ1) is 13.3. The van der Waals surface area contributed by atoms with E-state index >= 15 is 0 Å². The molecule has 108 valence electrons. The first-order valence-corrected chi connectivity index (χ1v) is 7.38. The van der Waals surface area contributed by atoms with E-state index < -0.39 is 0 Å². The van der Waals surface area contributed by atoms with Crippen LogP contribution in [0.5, 0.6) is 0 Å². The number of nitrogens with one attached hydrogen (secondary N) is 1. The minimum atomic E-state index is -0.342. The quantitative estimate of drug-likeness (QED) is 0.819. The van der Waals surface area contributed by atoms with Crippen molar-refractivity contribution in [3.8, 4) is 0 Å². The number of carbonyl (C=O) groups excluding carboxylic acids is 1. The average Bonchev–Trinajstić information content (AvgIpc) is 3.02. The lowest BCUT2D eigenvalue weighted by Gasteiger charge is -2.36. The minimum Gasteiger partial charge on any atom is -0.378 e. The Hall–Kier alpha value is -0.650. The molecule has 0 aromatic carbocycles. The van der Waals surface area contributed by atoms with E-state index in [-0.39, 0.29) is 29.8 Å². The van der Waals surface area contributed by atoms with E-state index in [4.69, 9.17) is 14.2 Å². The van der Waals surface area contributed by atoms with E-state index in [1.165, 1.54) is 0 Å². The molecule has 3 fully saturated rings. The van der Waals surface area contributed by atoms with Gasteiger partial charge in [0.05, 0.1) is 25.2 Å². The second kappa shape index (κ2) is 5.38. The Balaban J connectivity index is 1.48. The molecule has 5 heteroatoms. The zero-order chi connectivity index (χ0) is 13.3. The van der Waals surface area contributed by atoms with Crippen LogP contribution in [0.25, 0.3) is 0 Å². The second-order valence-corrected chi connectivity index (χ2v) is 5.86. The third-order valence-electron chi connectivity index (χ3n) is 4.62. The lowest BCUT2D eigenvalue weighted by Crippen LogP contribution is -2.46. The molecular weight excluding hydrogens is 246 g/mol. The van der Waals surface area contributed by atoms with Crippen molar-refractivity contribution in [2.24, 2.45) is 5.92 Å². The predicted octanol–water partition coefficient (Wildman–Crippen LogP) is 1.21. The largest absolute Gasteiger partial charge is 0.378 e. The van der Waals surface area contributed by atoms with E-state index in [9.17, 15) is 4.79 Å². The monoisotopic (exact) mass is 269 g/mol. The number of carbonyl (C=O) groups is 1. The molecule has 1 spiro atoms. The summed E-state index contributed by atoms with van der Waals surface area (Å²) in [5.74, 6) is -0.167. The average molecular weight is 269 g/mol. The summed E-state index contributed by atoms with van der Waals surface area (Å²) in [6, 6.07) is 0.263. The molecule has 3 aliphatic rings. The molecule has 2 atom stereocenters. The van der Waals surface area contributed by atoms with Crippen LogP contribution in [-0.4, -0.2) is 43.7 Å². The molecule has 19 heavy (non-hydrogen) atoms. The van der Waals surface area contributed by atoms with Gasteiger partial charge in [0, 0.05) is 25.5 Å². The molecule has 3 rings (SSSR count). The molecule has 1 saturated carbocycles. The van der Waals surface area contributed by atoms with Gasteiger partial charge < -0.3 is 19.5 Å². The van der Waals surface area contributed by atoms with E-state index in [0.29, 0.717) is 19.8 Å². The number of rotatable bonds is 2. The summed E-state index contributed by atoms with van der Waals surface area (Å²) < 4.78 is 16.8. The molecule has 1 N–H and O–H groups in total. The maximum absolute atomic E-state index is 12.2. The van der Waals surface area contributed by atoms with Crippen LogP contribution >= 0.6 is 0 Å². The van der Waals surface area contributed by atoms with Crippen molar-refractivity contribution in [3.63, 3.8) is 0 Å². The lowest BCUT2D eigenvalue weighted by molar-refractivity contribution is -0.180. The normalized spacial score (nSPS) is 34.8. The zero-order valence-corrected chi connectivity index (χ0v) is 11.5. The Labute approximate surface area is 114 Å². The second-order valence-electron chi connectivity index (χ2n) is 5.86. The first-order valence-electron chi connectivity index (χ1n) is 7.38. The number of hydrogen-bond acceptors (Lipinski definition) is 4. The van der Waals surface area contributed by atoms with Gasteiger partial charge in [-0.05, 0) is 26.2 Å². The summed E-state index contributed by atoms with van der Waals surface area (Å²) in [4.78, 5) is 12.2. The van der Waals surface area contributed by atoms with Gasteiger partial charge in [-0.1, -0.05) is 0 Å². The number of hydrogen-bond donors (Lipinski definition) is 1. The van der Waals surface area contributed by atoms with Gasteiger partial charge in [-0.15, -0.1) is 0 Å². The van der Waals surface area contributed by atoms with Crippen molar-refractivity contribution in [2.75, 3.05) is 19.8 Å². The van der Waals surface area contributed by atoms with Gasteiger partial charge in [-0.25, -0.2) is 0 Å². The third-order valence-corrected chi connectivity index (χ3v) is 4.62. The summed E-state index contributed by atoms with van der Waals surface area (Å²) in [7, 11) is 0. The smallest absolute Gasteiger partial charge is 0.226 e. The van der Waals surface area contributed by atoms with Crippen LogP contribution in [0.15, 0.2) is 0 Å². The minimum absolute atomic E-state index is 0.0230. The van der Waals surface area contributed by atoms with Crippen LogP contribution < -0.4 is 5.32 Å². The lowest BCUT2D eigenvalue weighted by atomic mass is 9.89. The van der Waals surface area contributed by atoms with Gasteiger partial charge in [-0.2, -0.15) is 0 Å². The molecule has 0 bridgehead atoms. The van der Waals surface area contributed by atoms with Gasteiger partial charge in [0.2, 0.25) is 5.91 Å². The molecule has 2 unspecified atom stereocenters. The molecule has 2 saturated heterocycles. The summed E-state index contributed by atoms with van der Waals surface area (Å²) in [5.41, 5.74) is 0. The van der Waals surface area contributed by atoms with Crippen LogP contribution in [-0.2, 0) is 19.0 Å². The zero-order valence-electron chi connectivity index (χ0n) is 11.5. The fraction of sp³-hybridized carbons (Fsp3) is 0.929. The van der Waals surface area contributed by atoms with E-state index in [1.54, 1.807) is 0 Å². The van der Waals surface area contributed by atoms with Crippen molar-refractivity contribution in [1.29, 1.82) is 0 Å². The Morgan fingerprint density at radius 1 is 1.11 bits per heavy atom. The number of amides is 1. The highest BCUT2D eigenvalue weighted by Gasteiger charge is 2.41. The standard InChI is InChI=1S/C14H23NO4/c1-10-12(4-7-17-10)13(16)15-11-2-5-14(6-3-11)18-8-9-19-14/h10-12H,2-9H2,1H3,(H,15,16). The molecular formula is C14H23NO4. The fourth-order valence-electron chi connectivity index (χ4n) is 3.37. The van der Waals surface area contributed by atoms with Crippen molar-refractivity contribution in [3.05, 3.63) is 0 Å². The SMILES string of the molecule is CC1OCCC1C(=O)NC1CCC2(CC1)OCCO2. The maximum Gasteiger partial charge on any atom is 0.226 e. The van der Waals surface area contributed by atoms with Crippen molar-refractivity contribution >= 4 is 5.91 Å². The maximum atomic E-state index is 12.2. The molecule has 1 amide bonds. The number of ether oxygens (including phenoxy) is 3. The summed E-state index contributed by atoms with van der Waals surface area (Å²) >= 11 is 0. The highest BCUT2D eigenvalue weighted by molar-refractivity contribution is 5.79. The fourth-order valence-corrected chi connectivity index (χ4v) is 3.37. The highest BCUT2D eigenvalue weighted by Crippen LogP contribution is 2.35. The van der Waals surface area contributed by atoms with Gasteiger partial charge >= 0.3 is 0 Å². The first-order chi connectivity index (χ1) is 9.19. The van der Waals surface area contributed by atoms with Crippen molar-refractivity contribution < 1.29 is 19.0 Å². The van der Waals surface area contributed by atoms with Crippen LogP contribution in [0.3, 0.4) is 0 Å². The van der Waals surface area contributed by atoms with Crippen molar-refractivity contribution in [2.45, 2.75) is 57.0 Å². The van der Waals surface area contributed by atoms with E-state index in [1.807, 2.05) is 6.92 Å². The molecule has 0 radical (unpaired) electrons. The van der Waals surface area contributed by atoms with E-state index in [2.05, 4.69) is 5.32 Å². The molecule has 0 aromatic heterocycles.